The van der Waals surface area contributed by atoms with Gasteiger partial charge in [0.25, 0.3) is 0 Å². The Labute approximate surface area is 220 Å². The van der Waals surface area contributed by atoms with Crippen LogP contribution in [-0.2, 0) is 6.18 Å². The number of alkyl halides is 3. The lowest BCUT2D eigenvalue weighted by molar-refractivity contribution is -0.136. The Hall–Kier alpha value is -5.05. The molecular formula is C30H20F4N4O. The summed E-state index contributed by atoms with van der Waals surface area (Å²) in [5.74, 6) is -1.04. The maximum Gasteiger partial charge on any atom is 0.418 e. The number of ketones is 1. The second-order valence-corrected chi connectivity index (χ2v) is 8.60. The topological polar surface area (TPSA) is 80.4 Å². The number of anilines is 1. The number of hydrogen-bond donors (Lipinski definition) is 2. The number of hydrogen-bond acceptors (Lipinski definition) is 3. The molecule has 5 rings (SSSR count). The van der Waals surface area contributed by atoms with E-state index in [-0.39, 0.29) is 33.7 Å². The molecule has 0 aliphatic carbocycles. The molecule has 0 saturated heterocycles. The first-order chi connectivity index (χ1) is 18.7. The average molecular weight is 529 g/mol. The van der Waals surface area contributed by atoms with Crippen molar-refractivity contribution in [1.29, 1.82) is 0 Å². The Bertz CT molecular complexity index is 1720. The van der Waals surface area contributed by atoms with Crippen molar-refractivity contribution in [2.24, 2.45) is 10.7 Å². The van der Waals surface area contributed by atoms with Gasteiger partial charge in [-0.25, -0.2) is 9.38 Å². The van der Waals surface area contributed by atoms with Crippen molar-refractivity contribution in [1.82, 2.24) is 4.98 Å². The number of carbonyl (C=O) groups is 1. The Morgan fingerprint density at radius 3 is 2.33 bits per heavy atom. The standard InChI is InChI=1S/C30H20F4N4O/c31-24-14-4-5-15-25(24)38-29(35)37-20-11-6-10-19(16-20)26-21-12-7-13-23(30(32,33)34)27(21)36-17-22(26)28(39)18-8-2-1-3-9-18/h1-17H,(H3,35,37,38). The number of halogens is 4. The predicted molar refractivity (Wildman–Crippen MR) is 143 cm³/mol. The van der Waals surface area contributed by atoms with Crippen LogP contribution < -0.4 is 11.1 Å². The number of nitrogens with zero attached hydrogens (tertiary/aromatic N) is 2. The number of aliphatic imine (C=N–C) groups is 1. The fourth-order valence-electron chi connectivity index (χ4n) is 4.28. The van der Waals surface area contributed by atoms with E-state index in [0.29, 0.717) is 16.8 Å². The van der Waals surface area contributed by atoms with Gasteiger partial charge in [0, 0.05) is 34.0 Å². The van der Waals surface area contributed by atoms with Gasteiger partial charge in [-0.05, 0) is 35.9 Å². The number of carbonyl (C=O) groups excluding carboxylic acids is 1. The van der Waals surface area contributed by atoms with Gasteiger partial charge in [0.15, 0.2) is 11.7 Å². The number of benzene rings is 4. The third-order valence-corrected chi connectivity index (χ3v) is 6.00. The molecule has 0 bridgehead atoms. The Morgan fingerprint density at radius 1 is 0.872 bits per heavy atom. The average Bonchev–Trinajstić information content (AvgIpc) is 2.93. The fourth-order valence-corrected chi connectivity index (χ4v) is 4.28. The lowest BCUT2D eigenvalue weighted by Crippen LogP contribution is -2.22. The zero-order chi connectivity index (χ0) is 27.6. The van der Waals surface area contributed by atoms with E-state index in [9.17, 15) is 22.4 Å². The Kier molecular flexibility index (Phi) is 6.81. The summed E-state index contributed by atoms with van der Waals surface area (Å²) in [7, 11) is 0. The molecule has 0 aliphatic heterocycles. The van der Waals surface area contributed by atoms with Gasteiger partial charge in [-0.15, -0.1) is 0 Å². The molecule has 0 amide bonds. The van der Waals surface area contributed by atoms with Gasteiger partial charge in [0.2, 0.25) is 0 Å². The largest absolute Gasteiger partial charge is 0.418 e. The van der Waals surface area contributed by atoms with Crippen molar-refractivity contribution in [3.8, 4) is 11.1 Å². The minimum absolute atomic E-state index is 0.0363. The van der Waals surface area contributed by atoms with Crippen molar-refractivity contribution in [2.45, 2.75) is 6.18 Å². The maximum atomic E-state index is 14.0. The molecule has 1 heterocycles. The van der Waals surface area contributed by atoms with Gasteiger partial charge in [-0.3, -0.25) is 9.78 Å². The number of rotatable bonds is 5. The molecule has 194 valence electrons. The molecule has 5 nitrogen and oxygen atoms in total. The summed E-state index contributed by atoms with van der Waals surface area (Å²) in [5, 5.41) is 3.04. The van der Waals surface area contributed by atoms with E-state index in [2.05, 4.69) is 15.3 Å². The molecule has 0 unspecified atom stereocenters. The molecule has 39 heavy (non-hydrogen) atoms. The van der Waals surface area contributed by atoms with E-state index >= 15 is 0 Å². The fraction of sp³-hybridized carbons (Fsp3) is 0.0333. The zero-order valence-corrected chi connectivity index (χ0v) is 20.2. The SMILES string of the molecule is NC(=Nc1ccccc1F)Nc1cccc(-c2c(C(=O)c3ccccc3)cnc3c(C(F)(F)F)cccc23)c1. The Morgan fingerprint density at radius 2 is 1.59 bits per heavy atom. The van der Waals surface area contributed by atoms with Crippen LogP contribution in [0.3, 0.4) is 0 Å². The smallest absolute Gasteiger partial charge is 0.369 e. The molecule has 0 spiro atoms. The third-order valence-electron chi connectivity index (χ3n) is 6.00. The van der Waals surface area contributed by atoms with Gasteiger partial charge in [-0.1, -0.05) is 66.7 Å². The van der Waals surface area contributed by atoms with Gasteiger partial charge in [0.1, 0.15) is 11.5 Å². The lowest BCUT2D eigenvalue weighted by atomic mass is 9.91. The molecule has 4 aromatic carbocycles. The van der Waals surface area contributed by atoms with Crippen LogP contribution >= 0.6 is 0 Å². The lowest BCUT2D eigenvalue weighted by Gasteiger charge is -2.16. The number of nitrogens with one attached hydrogen (secondary N) is 1. The van der Waals surface area contributed by atoms with Crippen molar-refractivity contribution in [2.75, 3.05) is 5.32 Å². The molecule has 0 radical (unpaired) electrons. The highest BCUT2D eigenvalue weighted by Gasteiger charge is 2.34. The predicted octanol–water partition coefficient (Wildman–Crippen LogP) is 7.35. The summed E-state index contributed by atoms with van der Waals surface area (Å²) in [6.45, 7) is 0. The highest BCUT2D eigenvalue weighted by atomic mass is 19.4. The quantitative estimate of drug-likeness (QED) is 0.108. The molecule has 5 aromatic rings. The molecule has 0 atom stereocenters. The summed E-state index contributed by atoms with van der Waals surface area (Å²) >= 11 is 0. The monoisotopic (exact) mass is 528 g/mol. The van der Waals surface area contributed by atoms with E-state index in [0.717, 1.165) is 6.07 Å². The van der Waals surface area contributed by atoms with Crippen LogP contribution in [0.4, 0.5) is 28.9 Å². The normalized spacial score (nSPS) is 11.9. The molecule has 1 aromatic heterocycles. The molecule has 0 saturated carbocycles. The summed E-state index contributed by atoms with van der Waals surface area (Å²) in [6.07, 6.45) is -3.47. The van der Waals surface area contributed by atoms with Gasteiger partial charge in [-0.2, -0.15) is 13.2 Å². The zero-order valence-electron chi connectivity index (χ0n) is 20.2. The molecule has 3 N–H and O–H groups in total. The molecular weight excluding hydrogens is 508 g/mol. The molecule has 9 heteroatoms. The van der Waals surface area contributed by atoms with Crippen LogP contribution in [0.25, 0.3) is 22.0 Å². The minimum Gasteiger partial charge on any atom is -0.369 e. The van der Waals surface area contributed by atoms with E-state index in [1.807, 2.05) is 0 Å². The number of aromatic nitrogens is 1. The van der Waals surface area contributed by atoms with Crippen LogP contribution in [0.5, 0.6) is 0 Å². The highest BCUT2D eigenvalue weighted by Crippen LogP contribution is 2.39. The van der Waals surface area contributed by atoms with Crippen molar-refractivity contribution in [3.05, 3.63) is 126 Å². The van der Waals surface area contributed by atoms with Gasteiger partial charge < -0.3 is 11.1 Å². The first-order valence-corrected chi connectivity index (χ1v) is 11.8. The first-order valence-electron chi connectivity index (χ1n) is 11.8. The van der Waals surface area contributed by atoms with Crippen LogP contribution in [0.2, 0.25) is 0 Å². The third kappa shape index (κ3) is 5.33. The summed E-state index contributed by atoms with van der Waals surface area (Å²) < 4.78 is 55.5. The number of para-hydroxylation sites is 2. The summed E-state index contributed by atoms with van der Waals surface area (Å²) in [5.41, 5.74) is 6.51. The highest BCUT2D eigenvalue weighted by molar-refractivity contribution is 6.17. The van der Waals surface area contributed by atoms with Crippen molar-refractivity contribution in [3.63, 3.8) is 0 Å². The maximum absolute atomic E-state index is 14.0. The summed E-state index contributed by atoms with van der Waals surface area (Å²) in [4.78, 5) is 21.6. The van der Waals surface area contributed by atoms with Crippen molar-refractivity contribution >= 4 is 34.0 Å². The van der Waals surface area contributed by atoms with Crippen LogP contribution in [0.15, 0.2) is 108 Å². The van der Waals surface area contributed by atoms with Crippen LogP contribution in [0, 0.1) is 5.82 Å². The van der Waals surface area contributed by atoms with E-state index < -0.39 is 23.3 Å². The minimum atomic E-state index is -4.64. The van der Waals surface area contributed by atoms with E-state index in [1.165, 1.54) is 36.5 Å². The molecule has 0 fully saturated rings. The van der Waals surface area contributed by atoms with Gasteiger partial charge in [0.05, 0.1) is 11.1 Å². The van der Waals surface area contributed by atoms with Crippen LogP contribution in [0.1, 0.15) is 21.5 Å². The summed E-state index contributed by atoms with van der Waals surface area (Å²) in [6, 6.07) is 24.6. The number of guanidine groups is 1. The van der Waals surface area contributed by atoms with Crippen molar-refractivity contribution < 1.29 is 22.4 Å². The Balaban J connectivity index is 1.66. The second kappa shape index (κ2) is 10.4. The molecule has 0 aliphatic rings. The second-order valence-electron chi connectivity index (χ2n) is 8.60. The van der Waals surface area contributed by atoms with E-state index in [1.54, 1.807) is 60.7 Å². The van der Waals surface area contributed by atoms with Crippen LogP contribution in [-0.4, -0.2) is 16.7 Å². The first kappa shape index (κ1) is 25.6. The number of pyridine rings is 1. The van der Waals surface area contributed by atoms with E-state index in [4.69, 9.17) is 5.73 Å². The van der Waals surface area contributed by atoms with Gasteiger partial charge >= 0.3 is 6.18 Å². The number of fused-ring (bicyclic) bond motifs is 1. The number of nitrogens with two attached hydrogens (primary N) is 1.